The Labute approximate surface area is 101 Å². The summed E-state index contributed by atoms with van der Waals surface area (Å²) in [5, 5.41) is 3.40. The van der Waals surface area contributed by atoms with E-state index in [9.17, 15) is 0 Å². The molecule has 2 atom stereocenters. The molecule has 0 fully saturated rings. The third-order valence-electron chi connectivity index (χ3n) is 2.97. The van der Waals surface area contributed by atoms with Crippen molar-refractivity contribution in [3.05, 3.63) is 34.3 Å². The van der Waals surface area contributed by atoms with Gasteiger partial charge in [0.1, 0.15) is 0 Å². The van der Waals surface area contributed by atoms with Crippen LogP contribution in [0.2, 0.25) is 0 Å². The van der Waals surface area contributed by atoms with Gasteiger partial charge in [0.2, 0.25) is 0 Å². The minimum absolute atomic E-state index is 0.572. The summed E-state index contributed by atoms with van der Waals surface area (Å²) >= 11 is 3.46. The van der Waals surface area contributed by atoms with Crippen molar-refractivity contribution in [3.8, 4) is 0 Å². The predicted octanol–water partition coefficient (Wildman–Crippen LogP) is 3.94. The van der Waals surface area contributed by atoms with Crippen molar-refractivity contribution >= 4 is 15.9 Å². The van der Waals surface area contributed by atoms with Crippen molar-refractivity contribution in [3.63, 3.8) is 0 Å². The quantitative estimate of drug-likeness (QED) is 0.854. The maximum atomic E-state index is 3.46. The van der Waals surface area contributed by atoms with Crippen LogP contribution in [0.1, 0.15) is 38.2 Å². The zero-order valence-electron chi connectivity index (χ0n) is 9.76. The third-order valence-corrected chi connectivity index (χ3v) is 3.50. The normalized spacial score (nSPS) is 14.9. The molecule has 2 heteroatoms. The Kier molecular flexibility index (Phi) is 5.34. The molecule has 1 aromatic rings. The third kappa shape index (κ3) is 3.62. The van der Waals surface area contributed by atoms with Crippen LogP contribution in [0.3, 0.4) is 0 Å². The van der Waals surface area contributed by atoms with Gasteiger partial charge in [-0.15, -0.1) is 0 Å². The van der Waals surface area contributed by atoms with Gasteiger partial charge >= 0.3 is 0 Å². The molecule has 84 valence electrons. The van der Waals surface area contributed by atoms with E-state index >= 15 is 0 Å². The molecule has 0 radical (unpaired) electrons. The largest absolute Gasteiger partial charge is 0.316 e. The Morgan fingerprint density at radius 3 is 2.33 bits per heavy atom. The average molecular weight is 270 g/mol. The van der Waals surface area contributed by atoms with Crippen LogP contribution in [-0.2, 0) is 0 Å². The van der Waals surface area contributed by atoms with Gasteiger partial charge in [0.05, 0.1) is 0 Å². The van der Waals surface area contributed by atoms with Gasteiger partial charge in [-0.3, -0.25) is 0 Å². The van der Waals surface area contributed by atoms with Crippen LogP contribution >= 0.6 is 15.9 Å². The van der Waals surface area contributed by atoms with Crippen LogP contribution in [0.5, 0.6) is 0 Å². The van der Waals surface area contributed by atoms with E-state index in [0.717, 1.165) is 4.47 Å². The highest BCUT2D eigenvalue weighted by Gasteiger charge is 2.15. The average Bonchev–Trinajstić information content (AvgIpc) is 2.26. The van der Waals surface area contributed by atoms with Crippen LogP contribution in [-0.4, -0.2) is 13.1 Å². The highest BCUT2D eigenvalue weighted by atomic mass is 79.9. The number of halogens is 1. The second-order valence-electron chi connectivity index (χ2n) is 4.02. The number of hydrogen-bond donors (Lipinski definition) is 1. The molecular formula is C13H20BrN. The Hall–Kier alpha value is -0.340. The van der Waals surface area contributed by atoms with E-state index in [2.05, 4.69) is 66.4 Å². The molecule has 1 N–H and O–H groups in total. The lowest BCUT2D eigenvalue weighted by Gasteiger charge is -2.23. The second kappa shape index (κ2) is 6.29. The van der Waals surface area contributed by atoms with Gasteiger partial charge < -0.3 is 5.32 Å². The molecule has 0 aliphatic heterocycles. The topological polar surface area (TPSA) is 12.0 Å². The van der Waals surface area contributed by atoms with Crippen molar-refractivity contribution < 1.29 is 0 Å². The summed E-state index contributed by atoms with van der Waals surface area (Å²) in [5.74, 6) is 0.572. The Morgan fingerprint density at radius 1 is 1.27 bits per heavy atom. The van der Waals surface area contributed by atoms with Crippen molar-refractivity contribution in [1.29, 1.82) is 0 Å². The summed E-state index contributed by atoms with van der Waals surface area (Å²) in [6, 6.07) is 9.22. The van der Waals surface area contributed by atoms with Crippen molar-refractivity contribution in [2.45, 2.75) is 38.6 Å². The summed E-state index contributed by atoms with van der Waals surface area (Å²) in [7, 11) is 2.05. The first-order valence-corrected chi connectivity index (χ1v) is 6.41. The molecule has 0 spiro atoms. The summed E-state index contributed by atoms with van der Waals surface area (Å²) in [4.78, 5) is 0. The predicted molar refractivity (Wildman–Crippen MR) is 70.3 cm³/mol. The maximum absolute atomic E-state index is 3.46. The first-order chi connectivity index (χ1) is 7.19. The van der Waals surface area contributed by atoms with E-state index in [-0.39, 0.29) is 0 Å². The van der Waals surface area contributed by atoms with Crippen LogP contribution in [0.4, 0.5) is 0 Å². The summed E-state index contributed by atoms with van der Waals surface area (Å²) in [6.07, 6.45) is 2.46. The monoisotopic (exact) mass is 269 g/mol. The van der Waals surface area contributed by atoms with Crippen molar-refractivity contribution in [2.75, 3.05) is 7.05 Å². The Bertz CT molecular complexity index is 281. The molecule has 1 nitrogen and oxygen atoms in total. The molecule has 0 saturated heterocycles. The lowest BCUT2D eigenvalue weighted by atomic mass is 9.91. The van der Waals surface area contributed by atoms with Crippen LogP contribution in [0.25, 0.3) is 0 Å². The summed E-state index contributed by atoms with van der Waals surface area (Å²) < 4.78 is 1.15. The zero-order chi connectivity index (χ0) is 11.3. The Morgan fingerprint density at radius 2 is 1.87 bits per heavy atom. The van der Waals surface area contributed by atoms with Crippen LogP contribution in [0, 0.1) is 0 Å². The lowest BCUT2D eigenvalue weighted by Crippen LogP contribution is -2.30. The van der Waals surface area contributed by atoms with Crippen LogP contribution < -0.4 is 5.32 Å². The fraction of sp³-hybridized carbons (Fsp3) is 0.538. The summed E-state index contributed by atoms with van der Waals surface area (Å²) in [6.45, 7) is 4.53. The van der Waals surface area contributed by atoms with Gasteiger partial charge in [0.25, 0.3) is 0 Å². The minimum atomic E-state index is 0.572. The molecule has 0 aliphatic rings. The van der Waals surface area contributed by atoms with E-state index in [0.29, 0.717) is 12.0 Å². The standard InChI is InChI=1S/C13H20BrN/c1-4-5-13(15-3)10(2)11-6-8-12(14)9-7-11/h6-10,13,15H,4-5H2,1-3H3. The number of benzene rings is 1. The van der Waals surface area contributed by atoms with Crippen LogP contribution in [0.15, 0.2) is 28.7 Å². The van der Waals surface area contributed by atoms with Gasteiger partial charge in [0.15, 0.2) is 0 Å². The van der Waals surface area contributed by atoms with E-state index in [4.69, 9.17) is 0 Å². The molecule has 0 bridgehead atoms. The molecule has 0 saturated carbocycles. The SMILES string of the molecule is CCCC(NC)C(C)c1ccc(Br)cc1. The fourth-order valence-corrected chi connectivity index (χ4v) is 2.22. The van der Waals surface area contributed by atoms with Gasteiger partial charge in [-0.25, -0.2) is 0 Å². The zero-order valence-corrected chi connectivity index (χ0v) is 11.3. The lowest BCUT2D eigenvalue weighted by molar-refractivity contribution is 0.451. The highest BCUT2D eigenvalue weighted by molar-refractivity contribution is 9.10. The van der Waals surface area contributed by atoms with Gasteiger partial charge in [-0.05, 0) is 37.1 Å². The van der Waals surface area contributed by atoms with Gasteiger partial charge in [-0.1, -0.05) is 48.3 Å². The van der Waals surface area contributed by atoms with E-state index in [1.54, 1.807) is 0 Å². The highest BCUT2D eigenvalue weighted by Crippen LogP contribution is 2.23. The molecule has 15 heavy (non-hydrogen) atoms. The van der Waals surface area contributed by atoms with Crippen molar-refractivity contribution in [1.82, 2.24) is 5.32 Å². The summed E-state index contributed by atoms with van der Waals surface area (Å²) in [5.41, 5.74) is 1.41. The maximum Gasteiger partial charge on any atom is 0.0175 e. The molecule has 0 heterocycles. The number of nitrogens with one attached hydrogen (secondary N) is 1. The first-order valence-electron chi connectivity index (χ1n) is 5.61. The fourth-order valence-electron chi connectivity index (χ4n) is 1.95. The number of rotatable bonds is 5. The molecular weight excluding hydrogens is 250 g/mol. The minimum Gasteiger partial charge on any atom is -0.316 e. The van der Waals surface area contributed by atoms with E-state index in [1.165, 1.54) is 18.4 Å². The first kappa shape index (κ1) is 12.7. The molecule has 0 amide bonds. The van der Waals surface area contributed by atoms with Crippen molar-refractivity contribution in [2.24, 2.45) is 0 Å². The molecule has 0 aromatic heterocycles. The molecule has 1 rings (SSSR count). The Balaban J connectivity index is 2.73. The molecule has 0 aliphatic carbocycles. The van der Waals surface area contributed by atoms with Gasteiger partial charge in [0, 0.05) is 10.5 Å². The van der Waals surface area contributed by atoms with E-state index in [1.807, 2.05) is 0 Å². The van der Waals surface area contributed by atoms with E-state index < -0.39 is 0 Å². The molecule has 1 aromatic carbocycles. The number of hydrogen-bond acceptors (Lipinski definition) is 1. The number of likely N-dealkylation sites (N-methyl/N-ethyl adjacent to an activating group) is 1. The van der Waals surface area contributed by atoms with Gasteiger partial charge in [-0.2, -0.15) is 0 Å². The second-order valence-corrected chi connectivity index (χ2v) is 4.94. The smallest absolute Gasteiger partial charge is 0.0175 e. The molecule has 2 unspecified atom stereocenters.